The van der Waals surface area contributed by atoms with Crippen molar-refractivity contribution in [1.82, 2.24) is 0 Å². The van der Waals surface area contributed by atoms with Crippen LogP contribution in [-0.2, 0) is 25.8 Å². The highest BCUT2D eigenvalue weighted by Crippen LogP contribution is 2.63. The monoisotopic (exact) mass is 312 g/mol. The molecule has 0 amide bonds. The highest BCUT2D eigenvalue weighted by molar-refractivity contribution is 7.91. The maximum Gasteiger partial charge on any atom is 0.314 e. The normalized spacial score (nSPS) is 28.3. The number of hydrogen-bond donors (Lipinski definition) is 1. The lowest BCUT2D eigenvalue weighted by molar-refractivity contribution is -0.145. The first-order valence-corrected chi connectivity index (χ1v) is 8.74. The second kappa shape index (κ2) is 5.42. The molecule has 116 valence electrons. The molecule has 3 atom stereocenters. The van der Waals surface area contributed by atoms with E-state index in [1.54, 1.807) is 0 Å². The Morgan fingerprint density at radius 2 is 1.90 bits per heavy atom. The van der Waals surface area contributed by atoms with Gasteiger partial charge >= 0.3 is 5.97 Å². The molecule has 0 unspecified atom stereocenters. The van der Waals surface area contributed by atoms with Crippen LogP contribution in [0.15, 0.2) is 24.3 Å². The molecule has 1 aromatic rings. The average molecular weight is 312 g/mol. The number of benzene rings is 1. The lowest BCUT2D eigenvalue weighted by atomic mass is 9.99. The summed E-state index contributed by atoms with van der Waals surface area (Å²) in [5.74, 6) is -1.68. The molecule has 0 aromatic heterocycles. The van der Waals surface area contributed by atoms with Crippen LogP contribution in [0.1, 0.15) is 24.0 Å². The molecule has 1 aliphatic carbocycles. The second-order valence-corrected chi connectivity index (χ2v) is 7.77. The Bertz CT molecular complexity index is 635. The first-order valence-electron chi connectivity index (χ1n) is 6.79. The molecule has 1 aromatic carbocycles. The van der Waals surface area contributed by atoms with E-state index in [9.17, 15) is 18.3 Å². The van der Waals surface area contributed by atoms with Gasteiger partial charge in [-0.1, -0.05) is 31.2 Å². The Morgan fingerprint density at radius 3 is 2.29 bits per heavy atom. The zero-order valence-corrected chi connectivity index (χ0v) is 13.2. The number of ether oxygens (including phenoxy) is 1. The third kappa shape index (κ3) is 2.58. The third-order valence-corrected chi connectivity index (χ3v) is 5.86. The van der Waals surface area contributed by atoms with Crippen molar-refractivity contribution in [2.45, 2.75) is 24.5 Å². The molecule has 6 heteroatoms. The number of carboxylic acid groups (broad SMARTS) is 1. The van der Waals surface area contributed by atoms with E-state index in [4.69, 9.17) is 4.74 Å². The predicted octanol–water partition coefficient (Wildman–Crippen LogP) is 1.48. The quantitative estimate of drug-likeness (QED) is 0.860. The number of aryl methyl sites for hydroxylation is 1. The molecule has 0 saturated heterocycles. The number of carboxylic acids is 1. The Balaban J connectivity index is 2.46. The van der Waals surface area contributed by atoms with Crippen molar-refractivity contribution in [2.75, 3.05) is 20.0 Å². The van der Waals surface area contributed by atoms with Crippen molar-refractivity contribution >= 4 is 15.8 Å². The summed E-state index contributed by atoms with van der Waals surface area (Å²) < 4.78 is 29.0. The summed E-state index contributed by atoms with van der Waals surface area (Å²) in [5.41, 5.74) is 0.487. The average Bonchev–Trinajstić information content (AvgIpc) is 3.10. The van der Waals surface area contributed by atoms with Gasteiger partial charge in [-0.2, -0.15) is 0 Å². The largest absolute Gasteiger partial charge is 0.481 e. The third-order valence-electron chi connectivity index (χ3n) is 4.25. The van der Waals surface area contributed by atoms with Crippen LogP contribution in [-0.4, -0.2) is 44.7 Å². The van der Waals surface area contributed by atoms with Gasteiger partial charge in [-0.05, 0) is 17.5 Å². The van der Waals surface area contributed by atoms with Gasteiger partial charge in [0.15, 0.2) is 9.84 Å². The molecule has 1 saturated carbocycles. The summed E-state index contributed by atoms with van der Waals surface area (Å²) in [5, 5.41) is 8.62. The van der Waals surface area contributed by atoms with E-state index in [-0.39, 0.29) is 6.61 Å². The molecular weight excluding hydrogens is 292 g/mol. The highest BCUT2D eigenvalue weighted by atomic mass is 32.2. The number of sulfone groups is 1. The summed E-state index contributed by atoms with van der Waals surface area (Å²) in [6.45, 7) is 1.91. The molecule has 0 spiro atoms. The summed E-state index contributed by atoms with van der Waals surface area (Å²) in [6, 6.07) is 7.46. The Labute approximate surface area is 124 Å². The molecule has 0 aliphatic heterocycles. The Kier molecular flexibility index (Phi) is 4.13. The van der Waals surface area contributed by atoms with E-state index in [0.717, 1.165) is 23.8 Å². The van der Waals surface area contributed by atoms with Crippen LogP contribution in [0.25, 0.3) is 0 Å². The van der Waals surface area contributed by atoms with Crippen LogP contribution in [0.3, 0.4) is 0 Å². The predicted molar refractivity (Wildman–Crippen MR) is 79.1 cm³/mol. The van der Waals surface area contributed by atoms with Crippen molar-refractivity contribution in [3.05, 3.63) is 35.4 Å². The van der Waals surface area contributed by atoms with Crippen LogP contribution >= 0.6 is 0 Å². The van der Waals surface area contributed by atoms with Crippen molar-refractivity contribution in [3.8, 4) is 0 Å². The molecule has 1 N–H and O–H groups in total. The molecule has 0 bridgehead atoms. The number of hydrogen-bond acceptors (Lipinski definition) is 4. The number of methoxy groups -OCH3 is 1. The molecule has 1 aliphatic rings. The van der Waals surface area contributed by atoms with E-state index < -0.39 is 32.4 Å². The number of aliphatic carboxylic acids is 1. The van der Waals surface area contributed by atoms with Gasteiger partial charge in [-0.25, -0.2) is 8.42 Å². The van der Waals surface area contributed by atoms with Gasteiger partial charge in [-0.15, -0.1) is 0 Å². The van der Waals surface area contributed by atoms with Crippen molar-refractivity contribution in [1.29, 1.82) is 0 Å². The van der Waals surface area contributed by atoms with Crippen LogP contribution in [0.2, 0.25) is 0 Å². The van der Waals surface area contributed by atoms with E-state index in [0.29, 0.717) is 0 Å². The SMILES string of the molecule is CCc1ccc([C@@H]2[C@H](S(C)(=O)=O)[C@@]2(COC)C(=O)O)cc1. The highest BCUT2D eigenvalue weighted by Gasteiger charge is 2.74. The van der Waals surface area contributed by atoms with E-state index >= 15 is 0 Å². The zero-order chi connectivity index (χ0) is 15.8. The minimum atomic E-state index is -3.48. The number of carbonyl (C=O) groups is 1. The van der Waals surface area contributed by atoms with Gasteiger partial charge < -0.3 is 9.84 Å². The van der Waals surface area contributed by atoms with Gasteiger partial charge in [0.1, 0.15) is 5.41 Å². The molecular formula is C15H20O5S. The molecule has 0 radical (unpaired) electrons. The lowest BCUT2D eigenvalue weighted by Crippen LogP contribution is -2.28. The van der Waals surface area contributed by atoms with E-state index in [1.165, 1.54) is 7.11 Å². The fraction of sp³-hybridized carbons (Fsp3) is 0.533. The van der Waals surface area contributed by atoms with Gasteiger partial charge in [-0.3, -0.25) is 4.79 Å². The Hall–Kier alpha value is -1.40. The van der Waals surface area contributed by atoms with Crippen LogP contribution in [0.4, 0.5) is 0 Å². The summed E-state index contributed by atoms with van der Waals surface area (Å²) in [7, 11) is -2.09. The zero-order valence-electron chi connectivity index (χ0n) is 12.4. The van der Waals surface area contributed by atoms with Gasteiger partial charge in [0.05, 0.1) is 11.9 Å². The molecule has 0 heterocycles. The molecule has 1 fully saturated rings. The maximum atomic E-state index is 12.0. The van der Waals surface area contributed by atoms with Crippen molar-refractivity contribution in [2.24, 2.45) is 5.41 Å². The summed E-state index contributed by atoms with van der Waals surface area (Å²) in [6.07, 6.45) is 1.97. The van der Waals surface area contributed by atoms with Crippen molar-refractivity contribution in [3.63, 3.8) is 0 Å². The standard InChI is InChI=1S/C15H20O5S/c1-4-10-5-7-11(8-6-10)12-13(21(3,18)19)15(12,9-20-2)14(16)17/h5-8,12-13H,4,9H2,1-3H3,(H,16,17)/t12-,13+,15+/m1/s1. The second-order valence-electron chi connectivity index (χ2n) is 5.60. The van der Waals surface area contributed by atoms with Crippen LogP contribution in [0, 0.1) is 5.41 Å². The maximum absolute atomic E-state index is 12.0. The van der Waals surface area contributed by atoms with Crippen LogP contribution < -0.4 is 0 Å². The molecule has 2 rings (SSSR count). The molecule has 21 heavy (non-hydrogen) atoms. The lowest BCUT2D eigenvalue weighted by Gasteiger charge is -2.11. The van der Waals surface area contributed by atoms with Gasteiger partial charge in [0, 0.05) is 19.3 Å². The van der Waals surface area contributed by atoms with Crippen LogP contribution in [0.5, 0.6) is 0 Å². The fourth-order valence-corrected chi connectivity index (χ4v) is 5.09. The summed E-state index contributed by atoms with van der Waals surface area (Å²) >= 11 is 0. The Morgan fingerprint density at radius 1 is 1.33 bits per heavy atom. The number of rotatable bonds is 6. The first-order chi connectivity index (χ1) is 9.79. The van der Waals surface area contributed by atoms with Crippen molar-refractivity contribution < 1.29 is 23.1 Å². The fourth-order valence-electron chi connectivity index (χ4n) is 3.19. The van der Waals surface area contributed by atoms with Gasteiger partial charge in [0.2, 0.25) is 0 Å². The first kappa shape index (κ1) is 16.0. The van der Waals surface area contributed by atoms with E-state index in [2.05, 4.69) is 0 Å². The van der Waals surface area contributed by atoms with Gasteiger partial charge in [0.25, 0.3) is 0 Å². The minimum Gasteiger partial charge on any atom is -0.481 e. The minimum absolute atomic E-state index is 0.111. The smallest absolute Gasteiger partial charge is 0.314 e. The van der Waals surface area contributed by atoms with E-state index in [1.807, 2.05) is 31.2 Å². The topological polar surface area (TPSA) is 80.7 Å². The molecule has 5 nitrogen and oxygen atoms in total. The summed E-state index contributed by atoms with van der Waals surface area (Å²) in [4.78, 5) is 11.7.